The molecular weight excluding hydrogens is 368 g/mol. The smallest absolute Gasteiger partial charge is 0.407 e. The molecule has 2 aromatic carbocycles. The van der Waals surface area contributed by atoms with Gasteiger partial charge in [0.25, 0.3) is 0 Å². The summed E-state index contributed by atoms with van der Waals surface area (Å²) in [4.78, 5) is 23.9. The first kappa shape index (κ1) is 20.5. The fourth-order valence-corrected chi connectivity index (χ4v) is 3.16. The van der Waals surface area contributed by atoms with Crippen molar-refractivity contribution in [2.24, 2.45) is 0 Å². The van der Waals surface area contributed by atoms with Gasteiger partial charge in [-0.15, -0.1) is 0 Å². The topological polar surface area (TPSA) is 69.6 Å². The Morgan fingerprint density at radius 3 is 2.45 bits per heavy atom. The van der Waals surface area contributed by atoms with Gasteiger partial charge in [-0.3, -0.25) is 0 Å². The molecule has 0 saturated carbocycles. The van der Waals surface area contributed by atoms with Gasteiger partial charge in [0.1, 0.15) is 5.60 Å². The van der Waals surface area contributed by atoms with Crippen LogP contribution < -0.4 is 5.32 Å². The molecule has 0 fully saturated rings. The van der Waals surface area contributed by atoms with Crippen molar-refractivity contribution in [3.63, 3.8) is 0 Å². The molecule has 1 amide bonds. The molecule has 6 heteroatoms. The Balaban J connectivity index is 1.90. The summed E-state index contributed by atoms with van der Waals surface area (Å²) >= 11 is 0. The Labute approximate surface area is 170 Å². The maximum atomic E-state index is 12.0. The minimum Gasteiger partial charge on any atom is -0.465 e. The monoisotopic (exact) mass is 394 g/mol. The number of methoxy groups -OCH3 is 1. The van der Waals surface area contributed by atoms with E-state index in [4.69, 9.17) is 9.47 Å². The van der Waals surface area contributed by atoms with Crippen LogP contribution in [0.1, 0.15) is 36.7 Å². The van der Waals surface area contributed by atoms with Crippen LogP contribution >= 0.6 is 0 Å². The summed E-state index contributed by atoms with van der Waals surface area (Å²) in [5.41, 5.74) is 2.98. The van der Waals surface area contributed by atoms with Crippen LogP contribution in [0, 0.1) is 0 Å². The molecule has 0 spiro atoms. The predicted octanol–water partition coefficient (Wildman–Crippen LogP) is 4.48. The number of fused-ring (bicyclic) bond motifs is 1. The molecule has 0 radical (unpaired) electrons. The number of carbonyl (C=O) groups excluding carboxylic acids is 2. The Bertz CT molecular complexity index is 1020. The van der Waals surface area contributed by atoms with E-state index in [0.717, 1.165) is 22.2 Å². The van der Waals surface area contributed by atoms with Crippen molar-refractivity contribution in [1.29, 1.82) is 0 Å². The lowest BCUT2D eigenvalue weighted by molar-refractivity contribution is 0.0527. The number of hydrogen-bond donors (Lipinski definition) is 1. The third-order valence-corrected chi connectivity index (χ3v) is 4.41. The summed E-state index contributed by atoms with van der Waals surface area (Å²) in [6.07, 6.45) is 2.19. The molecule has 0 unspecified atom stereocenters. The number of amides is 1. The van der Waals surface area contributed by atoms with Gasteiger partial charge >= 0.3 is 12.1 Å². The molecule has 6 nitrogen and oxygen atoms in total. The summed E-state index contributed by atoms with van der Waals surface area (Å²) in [6.45, 7) is 5.91. The molecule has 0 aliphatic rings. The normalized spacial score (nSPS) is 11.3. The zero-order valence-electron chi connectivity index (χ0n) is 17.2. The summed E-state index contributed by atoms with van der Waals surface area (Å²) in [5.74, 6) is -0.378. The van der Waals surface area contributed by atoms with Crippen molar-refractivity contribution in [3.05, 3.63) is 65.9 Å². The maximum Gasteiger partial charge on any atom is 0.407 e. The number of para-hydroxylation sites is 1. The second-order valence-electron chi connectivity index (χ2n) is 7.76. The van der Waals surface area contributed by atoms with E-state index in [9.17, 15) is 9.59 Å². The van der Waals surface area contributed by atoms with Crippen LogP contribution in [0.25, 0.3) is 16.6 Å². The third-order valence-electron chi connectivity index (χ3n) is 4.41. The van der Waals surface area contributed by atoms with Crippen LogP contribution in [0.3, 0.4) is 0 Å². The van der Waals surface area contributed by atoms with Crippen molar-refractivity contribution >= 4 is 23.0 Å². The molecule has 1 N–H and O–H groups in total. The molecule has 0 bridgehead atoms. The number of alkyl carbamates (subject to hydrolysis) is 1. The van der Waals surface area contributed by atoms with Crippen LogP contribution in [0.4, 0.5) is 4.79 Å². The number of hydrogen-bond acceptors (Lipinski definition) is 4. The van der Waals surface area contributed by atoms with Gasteiger partial charge in [0.05, 0.1) is 18.2 Å². The molecule has 0 aliphatic carbocycles. The second kappa shape index (κ2) is 8.39. The van der Waals surface area contributed by atoms with Crippen molar-refractivity contribution in [3.8, 4) is 5.69 Å². The number of carbonyl (C=O) groups is 2. The highest BCUT2D eigenvalue weighted by atomic mass is 16.6. The first-order chi connectivity index (χ1) is 13.8. The van der Waals surface area contributed by atoms with Crippen LogP contribution in [-0.2, 0) is 15.9 Å². The number of aromatic nitrogens is 1. The highest BCUT2D eigenvalue weighted by Crippen LogP contribution is 2.27. The molecule has 29 heavy (non-hydrogen) atoms. The molecule has 1 aromatic heterocycles. The van der Waals surface area contributed by atoms with Gasteiger partial charge in [0.15, 0.2) is 0 Å². The average Bonchev–Trinajstić information content (AvgIpc) is 3.04. The number of rotatable bonds is 5. The van der Waals surface area contributed by atoms with E-state index in [2.05, 4.69) is 9.88 Å². The van der Waals surface area contributed by atoms with Gasteiger partial charge in [-0.2, -0.15) is 0 Å². The highest BCUT2D eigenvalue weighted by Gasteiger charge is 2.17. The number of nitrogens with zero attached hydrogens (tertiary/aromatic N) is 1. The van der Waals surface area contributed by atoms with E-state index in [1.54, 1.807) is 6.07 Å². The fourth-order valence-electron chi connectivity index (χ4n) is 3.16. The van der Waals surface area contributed by atoms with Crippen LogP contribution in [-0.4, -0.2) is 35.9 Å². The van der Waals surface area contributed by atoms with E-state index >= 15 is 0 Å². The molecule has 1 heterocycles. The third kappa shape index (κ3) is 4.96. The summed E-state index contributed by atoms with van der Waals surface area (Å²) in [5, 5.41) is 3.73. The lowest BCUT2D eigenvalue weighted by atomic mass is 10.1. The summed E-state index contributed by atoms with van der Waals surface area (Å²) in [6, 6.07) is 15.5. The van der Waals surface area contributed by atoms with Crippen LogP contribution in [0.15, 0.2) is 54.7 Å². The number of benzene rings is 2. The maximum absolute atomic E-state index is 12.0. The minimum absolute atomic E-state index is 0.378. The number of esters is 1. The Hall–Kier alpha value is -3.28. The van der Waals surface area contributed by atoms with Gasteiger partial charge in [0.2, 0.25) is 0 Å². The quantitative estimate of drug-likeness (QED) is 0.648. The Morgan fingerprint density at radius 1 is 1.07 bits per heavy atom. The lowest BCUT2D eigenvalue weighted by Crippen LogP contribution is -2.33. The predicted molar refractivity (Wildman–Crippen MR) is 113 cm³/mol. The van der Waals surface area contributed by atoms with Gasteiger partial charge in [0, 0.05) is 23.8 Å². The average molecular weight is 394 g/mol. The van der Waals surface area contributed by atoms with Crippen molar-refractivity contribution < 1.29 is 19.1 Å². The van der Waals surface area contributed by atoms with E-state index in [1.165, 1.54) is 7.11 Å². The fraction of sp³-hybridized carbons (Fsp3) is 0.304. The van der Waals surface area contributed by atoms with Gasteiger partial charge in [-0.05, 0) is 63.1 Å². The van der Waals surface area contributed by atoms with Gasteiger partial charge in [-0.1, -0.05) is 18.2 Å². The Morgan fingerprint density at radius 2 is 1.79 bits per heavy atom. The number of ether oxygens (including phenoxy) is 2. The standard InChI is InChI=1S/C23H26N2O4/c1-23(2,3)29-22(27)24-13-12-17-15-25(18-8-6-5-7-9-18)20-11-10-16(14-19(17)20)21(26)28-4/h5-11,14-15H,12-13H2,1-4H3,(H,24,27). The molecule has 3 rings (SSSR count). The van der Waals surface area contributed by atoms with E-state index < -0.39 is 11.7 Å². The Kier molecular flexibility index (Phi) is 5.92. The van der Waals surface area contributed by atoms with E-state index in [-0.39, 0.29) is 5.97 Å². The molecule has 0 atom stereocenters. The van der Waals surface area contributed by atoms with E-state index in [1.807, 2.05) is 69.4 Å². The first-order valence-electron chi connectivity index (χ1n) is 9.53. The summed E-state index contributed by atoms with van der Waals surface area (Å²) in [7, 11) is 1.37. The molecule has 152 valence electrons. The van der Waals surface area contributed by atoms with Crippen molar-refractivity contribution in [1.82, 2.24) is 9.88 Å². The highest BCUT2D eigenvalue weighted by molar-refractivity contribution is 5.96. The molecule has 0 aliphatic heterocycles. The summed E-state index contributed by atoms with van der Waals surface area (Å²) < 4.78 is 12.2. The lowest BCUT2D eigenvalue weighted by Gasteiger charge is -2.19. The zero-order valence-corrected chi connectivity index (χ0v) is 17.2. The van der Waals surface area contributed by atoms with Crippen LogP contribution in [0.2, 0.25) is 0 Å². The SMILES string of the molecule is COC(=O)c1ccc2c(c1)c(CCNC(=O)OC(C)(C)C)cn2-c1ccccc1. The second-order valence-corrected chi connectivity index (χ2v) is 7.76. The van der Waals surface area contributed by atoms with Gasteiger partial charge in [-0.25, -0.2) is 9.59 Å². The van der Waals surface area contributed by atoms with E-state index in [0.29, 0.717) is 18.5 Å². The van der Waals surface area contributed by atoms with Crippen LogP contribution in [0.5, 0.6) is 0 Å². The minimum atomic E-state index is -0.539. The molecular formula is C23H26N2O4. The van der Waals surface area contributed by atoms with Gasteiger partial charge < -0.3 is 19.4 Å². The first-order valence-corrected chi connectivity index (χ1v) is 9.53. The molecule has 3 aromatic rings. The van der Waals surface area contributed by atoms with Crippen molar-refractivity contribution in [2.45, 2.75) is 32.8 Å². The number of nitrogens with one attached hydrogen (secondary N) is 1. The largest absolute Gasteiger partial charge is 0.465 e. The molecule has 0 saturated heterocycles. The zero-order chi connectivity index (χ0) is 21.0. The van der Waals surface area contributed by atoms with Crippen molar-refractivity contribution in [2.75, 3.05) is 13.7 Å².